The number of nitrogens with one attached hydrogen (secondary N) is 1. The van der Waals surface area contributed by atoms with Crippen LogP contribution in [0.15, 0.2) is 48.5 Å². The Kier molecular flexibility index (Phi) is 5.38. The van der Waals surface area contributed by atoms with Crippen LogP contribution in [0.4, 0.5) is 11.4 Å². The lowest BCUT2D eigenvalue weighted by atomic mass is 9.98. The number of aryl methyl sites for hydroxylation is 1. The molecule has 3 rings (SSSR count). The molecule has 0 aliphatic carbocycles. The summed E-state index contributed by atoms with van der Waals surface area (Å²) in [5, 5.41) is 13.1. The van der Waals surface area contributed by atoms with Gasteiger partial charge in [0.1, 0.15) is 6.04 Å². The van der Waals surface area contributed by atoms with Crippen LogP contribution in [-0.4, -0.2) is 30.2 Å². The molecule has 1 amide bonds. The van der Waals surface area contributed by atoms with E-state index in [-0.39, 0.29) is 12.5 Å². The summed E-state index contributed by atoms with van der Waals surface area (Å²) < 4.78 is 0. The summed E-state index contributed by atoms with van der Waals surface area (Å²) >= 11 is 6.10. The van der Waals surface area contributed by atoms with Crippen LogP contribution in [-0.2, 0) is 11.2 Å². The molecule has 0 aromatic heterocycles. The first-order chi connectivity index (χ1) is 11.7. The number of halogens is 1. The maximum atomic E-state index is 12.8. The first kappa shape index (κ1) is 16.8. The minimum atomic E-state index is -0.407. The SMILES string of the molecule is O=C(Nc1ccccc1)C(CCO)N1CCCc2cc(Cl)ccc21. The minimum Gasteiger partial charge on any atom is -0.396 e. The zero-order valence-corrected chi connectivity index (χ0v) is 14.2. The smallest absolute Gasteiger partial charge is 0.247 e. The molecular formula is C19H21ClN2O2. The van der Waals surface area contributed by atoms with Crippen LogP contribution >= 0.6 is 11.6 Å². The fourth-order valence-corrected chi connectivity index (χ4v) is 3.41. The number of hydrogen-bond donors (Lipinski definition) is 2. The first-order valence-corrected chi connectivity index (χ1v) is 8.58. The summed E-state index contributed by atoms with van der Waals surface area (Å²) in [6.45, 7) is 0.758. The molecule has 2 aromatic carbocycles. The number of aliphatic hydroxyl groups excluding tert-OH is 1. The van der Waals surface area contributed by atoms with E-state index in [0.717, 1.165) is 36.3 Å². The molecule has 0 fully saturated rings. The molecule has 0 spiro atoms. The molecule has 1 unspecified atom stereocenters. The molecule has 5 heteroatoms. The van der Waals surface area contributed by atoms with Gasteiger partial charge in [-0.1, -0.05) is 29.8 Å². The van der Waals surface area contributed by atoms with Gasteiger partial charge in [0.25, 0.3) is 0 Å². The number of para-hydroxylation sites is 1. The van der Waals surface area contributed by atoms with Crippen molar-refractivity contribution in [3.05, 3.63) is 59.1 Å². The van der Waals surface area contributed by atoms with Gasteiger partial charge in [-0.05, 0) is 55.2 Å². The van der Waals surface area contributed by atoms with Crippen LogP contribution in [0.1, 0.15) is 18.4 Å². The standard InChI is InChI=1S/C19H21ClN2O2/c20-15-8-9-17-14(13-15)5-4-11-22(17)18(10-12-23)19(24)21-16-6-2-1-3-7-16/h1-3,6-9,13,18,23H,4-5,10-12H2,(H,21,24). The molecule has 1 atom stereocenters. The van der Waals surface area contributed by atoms with Gasteiger partial charge in [-0.3, -0.25) is 4.79 Å². The number of benzene rings is 2. The Morgan fingerprint density at radius 1 is 1.25 bits per heavy atom. The summed E-state index contributed by atoms with van der Waals surface area (Å²) in [6.07, 6.45) is 2.31. The Bertz CT molecular complexity index is 706. The molecule has 0 radical (unpaired) electrons. The molecule has 1 aliphatic rings. The zero-order chi connectivity index (χ0) is 16.9. The van der Waals surface area contributed by atoms with Gasteiger partial charge in [-0.2, -0.15) is 0 Å². The predicted octanol–water partition coefficient (Wildman–Crippen LogP) is 3.48. The summed E-state index contributed by atoms with van der Waals surface area (Å²) in [5.74, 6) is -0.0990. The predicted molar refractivity (Wildman–Crippen MR) is 97.7 cm³/mol. The summed E-state index contributed by atoms with van der Waals surface area (Å²) in [7, 11) is 0. The lowest BCUT2D eigenvalue weighted by molar-refractivity contribution is -0.117. The van der Waals surface area contributed by atoms with Crippen molar-refractivity contribution in [2.45, 2.75) is 25.3 Å². The second kappa shape index (κ2) is 7.69. The summed E-state index contributed by atoms with van der Waals surface area (Å²) in [6, 6.07) is 14.8. The number of fused-ring (bicyclic) bond motifs is 1. The van der Waals surface area contributed by atoms with Gasteiger partial charge in [0, 0.05) is 29.5 Å². The van der Waals surface area contributed by atoms with Gasteiger partial charge in [0.2, 0.25) is 5.91 Å². The van der Waals surface area contributed by atoms with E-state index in [1.807, 2.05) is 48.5 Å². The second-order valence-corrected chi connectivity index (χ2v) is 6.39. The van der Waals surface area contributed by atoms with Gasteiger partial charge < -0.3 is 15.3 Å². The van der Waals surface area contributed by atoms with Crippen molar-refractivity contribution in [1.82, 2.24) is 0 Å². The van der Waals surface area contributed by atoms with E-state index in [1.54, 1.807) is 0 Å². The van der Waals surface area contributed by atoms with E-state index < -0.39 is 6.04 Å². The average Bonchev–Trinajstić information content (AvgIpc) is 2.60. The monoisotopic (exact) mass is 344 g/mol. The minimum absolute atomic E-state index is 0.0354. The molecule has 0 bridgehead atoms. The number of anilines is 2. The van der Waals surface area contributed by atoms with E-state index in [1.165, 1.54) is 0 Å². The van der Waals surface area contributed by atoms with Crippen molar-refractivity contribution in [3.8, 4) is 0 Å². The third kappa shape index (κ3) is 3.71. The Hall–Kier alpha value is -2.04. The van der Waals surface area contributed by atoms with E-state index >= 15 is 0 Å². The molecule has 2 aromatic rings. The number of carbonyl (C=O) groups excluding carboxylic acids is 1. The van der Waals surface area contributed by atoms with Crippen molar-refractivity contribution in [3.63, 3.8) is 0 Å². The van der Waals surface area contributed by atoms with Crippen molar-refractivity contribution in [1.29, 1.82) is 0 Å². The maximum Gasteiger partial charge on any atom is 0.247 e. The Morgan fingerprint density at radius 2 is 2.04 bits per heavy atom. The second-order valence-electron chi connectivity index (χ2n) is 5.95. The number of nitrogens with zero attached hydrogens (tertiary/aromatic N) is 1. The fourth-order valence-electron chi connectivity index (χ4n) is 3.22. The molecule has 24 heavy (non-hydrogen) atoms. The third-order valence-electron chi connectivity index (χ3n) is 4.32. The highest BCUT2D eigenvalue weighted by molar-refractivity contribution is 6.30. The van der Waals surface area contributed by atoms with E-state index in [0.29, 0.717) is 11.4 Å². The first-order valence-electron chi connectivity index (χ1n) is 8.21. The summed E-state index contributed by atoms with van der Waals surface area (Å²) in [4.78, 5) is 14.9. The van der Waals surface area contributed by atoms with Crippen LogP contribution in [0, 0.1) is 0 Å². The van der Waals surface area contributed by atoms with Crippen molar-refractivity contribution in [2.24, 2.45) is 0 Å². The lowest BCUT2D eigenvalue weighted by Gasteiger charge is -2.37. The molecule has 1 heterocycles. The Labute approximate surface area is 147 Å². The number of rotatable bonds is 5. The average molecular weight is 345 g/mol. The Morgan fingerprint density at radius 3 is 2.79 bits per heavy atom. The van der Waals surface area contributed by atoms with Gasteiger partial charge in [0.15, 0.2) is 0 Å². The maximum absolute atomic E-state index is 12.8. The quantitative estimate of drug-likeness (QED) is 0.873. The van der Waals surface area contributed by atoms with Crippen LogP contribution < -0.4 is 10.2 Å². The van der Waals surface area contributed by atoms with E-state index in [2.05, 4.69) is 10.2 Å². The summed E-state index contributed by atoms with van der Waals surface area (Å²) in [5.41, 5.74) is 2.95. The Balaban J connectivity index is 1.85. The van der Waals surface area contributed by atoms with Crippen LogP contribution in [0.3, 0.4) is 0 Å². The van der Waals surface area contributed by atoms with Crippen LogP contribution in [0.2, 0.25) is 5.02 Å². The number of carbonyl (C=O) groups is 1. The van der Waals surface area contributed by atoms with E-state index in [9.17, 15) is 9.90 Å². The highest BCUT2D eigenvalue weighted by Gasteiger charge is 2.29. The highest BCUT2D eigenvalue weighted by atomic mass is 35.5. The largest absolute Gasteiger partial charge is 0.396 e. The van der Waals surface area contributed by atoms with E-state index in [4.69, 9.17) is 11.6 Å². The van der Waals surface area contributed by atoms with Gasteiger partial charge in [-0.15, -0.1) is 0 Å². The molecular weight excluding hydrogens is 324 g/mol. The van der Waals surface area contributed by atoms with Gasteiger partial charge >= 0.3 is 0 Å². The normalized spacial score (nSPS) is 14.8. The number of amides is 1. The number of aliphatic hydroxyl groups is 1. The van der Waals surface area contributed by atoms with Crippen molar-refractivity contribution >= 4 is 28.9 Å². The van der Waals surface area contributed by atoms with Crippen molar-refractivity contribution < 1.29 is 9.90 Å². The third-order valence-corrected chi connectivity index (χ3v) is 4.55. The molecule has 1 aliphatic heterocycles. The van der Waals surface area contributed by atoms with Crippen LogP contribution in [0.25, 0.3) is 0 Å². The molecule has 0 saturated carbocycles. The van der Waals surface area contributed by atoms with Crippen LogP contribution in [0.5, 0.6) is 0 Å². The molecule has 126 valence electrons. The van der Waals surface area contributed by atoms with Gasteiger partial charge in [-0.25, -0.2) is 0 Å². The molecule has 4 nitrogen and oxygen atoms in total. The number of hydrogen-bond acceptors (Lipinski definition) is 3. The molecule has 0 saturated heterocycles. The topological polar surface area (TPSA) is 52.6 Å². The van der Waals surface area contributed by atoms with Gasteiger partial charge in [0.05, 0.1) is 0 Å². The highest BCUT2D eigenvalue weighted by Crippen LogP contribution is 2.32. The molecule has 2 N–H and O–H groups in total. The van der Waals surface area contributed by atoms with Crippen molar-refractivity contribution in [2.75, 3.05) is 23.4 Å². The fraction of sp³-hybridized carbons (Fsp3) is 0.316. The lowest BCUT2D eigenvalue weighted by Crippen LogP contribution is -2.47. The zero-order valence-electron chi connectivity index (χ0n) is 13.4.